The molecule has 11 heavy (non-hydrogen) atoms. The van der Waals surface area contributed by atoms with Crippen LogP contribution < -0.4 is 0 Å². The molecule has 0 fully saturated rings. The molecule has 60 valence electrons. The second kappa shape index (κ2) is 3.13. The molecule has 1 unspecified atom stereocenters. The van der Waals surface area contributed by atoms with Crippen LogP contribution in [0.5, 0.6) is 0 Å². The van der Waals surface area contributed by atoms with Gasteiger partial charge in [0.2, 0.25) is 0 Å². The van der Waals surface area contributed by atoms with Crippen molar-refractivity contribution in [1.82, 2.24) is 0 Å². The van der Waals surface area contributed by atoms with Gasteiger partial charge in [-0.1, -0.05) is 52.5 Å². The molecule has 1 heteroatoms. The molecule has 0 bridgehead atoms. The highest BCUT2D eigenvalue weighted by Crippen LogP contribution is 2.27. The van der Waals surface area contributed by atoms with E-state index in [1.54, 1.807) is 0 Å². The summed E-state index contributed by atoms with van der Waals surface area (Å²) in [5, 5.41) is 0. The van der Waals surface area contributed by atoms with Gasteiger partial charge in [-0.15, -0.1) is 0 Å². The Morgan fingerprint density at radius 2 is 1.91 bits per heavy atom. The zero-order chi connectivity index (χ0) is 8.48. The van der Waals surface area contributed by atoms with Gasteiger partial charge in [0, 0.05) is 0 Å². The second-order valence-electron chi connectivity index (χ2n) is 3.19. The first-order chi connectivity index (χ1) is 5.01. The predicted molar refractivity (Wildman–Crippen MR) is 59.1 cm³/mol. The zero-order valence-electron chi connectivity index (χ0n) is 7.19. The fourth-order valence-corrected chi connectivity index (χ4v) is 1.77. The number of hydrogen-bond donors (Lipinski definition) is 0. The molecule has 1 rings (SSSR count). The SMILES string of the molecule is CC1=CC=CC(C)(I)C=C1C. The number of allylic oxidation sites excluding steroid dienone is 6. The Bertz CT molecular complexity index is 242. The van der Waals surface area contributed by atoms with Crippen molar-refractivity contribution in [3.63, 3.8) is 0 Å². The van der Waals surface area contributed by atoms with Gasteiger partial charge in [-0.2, -0.15) is 0 Å². The van der Waals surface area contributed by atoms with Gasteiger partial charge in [-0.25, -0.2) is 0 Å². The predicted octanol–water partition coefficient (Wildman–Crippen LogP) is 3.64. The standard InChI is InChI=1S/C10H13I/c1-8-5-4-6-10(3,11)7-9(8)2/h4-7H,1-3H3. The van der Waals surface area contributed by atoms with Crippen molar-refractivity contribution in [3.8, 4) is 0 Å². The van der Waals surface area contributed by atoms with Crippen LogP contribution in [0.4, 0.5) is 0 Å². The van der Waals surface area contributed by atoms with Crippen LogP contribution in [-0.4, -0.2) is 3.42 Å². The lowest BCUT2D eigenvalue weighted by molar-refractivity contribution is 1.04. The molecule has 0 amide bonds. The molecule has 0 spiro atoms. The fraction of sp³-hybridized carbons (Fsp3) is 0.400. The third kappa shape index (κ3) is 2.47. The van der Waals surface area contributed by atoms with E-state index >= 15 is 0 Å². The average Bonchev–Trinajstić information content (AvgIpc) is 1.93. The number of alkyl halides is 1. The second-order valence-corrected chi connectivity index (χ2v) is 5.51. The van der Waals surface area contributed by atoms with Crippen molar-refractivity contribution < 1.29 is 0 Å². The molecule has 0 aromatic rings. The topological polar surface area (TPSA) is 0 Å². The maximum absolute atomic E-state index is 2.44. The molecule has 0 saturated carbocycles. The Kier molecular flexibility index (Phi) is 2.58. The summed E-state index contributed by atoms with van der Waals surface area (Å²) < 4.78 is 0.191. The van der Waals surface area contributed by atoms with Gasteiger partial charge in [0.05, 0.1) is 3.42 Å². The molecule has 0 saturated heterocycles. The van der Waals surface area contributed by atoms with Gasteiger partial charge in [-0.05, 0) is 26.3 Å². The van der Waals surface area contributed by atoms with Crippen LogP contribution in [0.2, 0.25) is 0 Å². The molecule has 0 aliphatic heterocycles. The van der Waals surface area contributed by atoms with Crippen molar-refractivity contribution in [2.24, 2.45) is 0 Å². The lowest BCUT2D eigenvalue weighted by atomic mass is 10.1. The first-order valence-electron chi connectivity index (χ1n) is 3.76. The highest BCUT2D eigenvalue weighted by molar-refractivity contribution is 14.1. The molecule has 0 nitrogen and oxygen atoms in total. The molecule has 0 heterocycles. The van der Waals surface area contributed by atoms with E-state index in [1.807, 2.05) is 0 Å². The van der Waals surface area contributed by atoms with E-state index in [2.05, 4.69) is 67.7 Å². The Labute approximate surface area is 82.2 Å². The van der Waals surface area contributed by atoms with Gasteiger partial charge in [0.15, 0.2) is 0 Å². The van der Waals surface area contributed by atoms with E-state index in [4.69, 9.17) is 0 Å². The van der Waals surface area contributed by atoms with Crippen molar-refractivity contribution >= 4 is 22.6 Å². The smallest absolute Gasteiger partial charge is 0.0561 e. The van der Waals surface area contributed by atoms with E-state index in [0.29, 0.717) is 0 Å². The monoisotopic (exact) mass is 260 g/mol. The van der Waals surface area contributed by atoms with Gasteiger partial charge in [0.1, 0.15) is 0 Å². The Morgan fingerprint density at radius 3 is 2.55 bits per heavy atom. The quantitative estimate of drug-likeness (QED) is 0.460. The summed E-state index contributed by atoms with van der Waals surface area (Å²) in [5.74, 6) is 0. The van der Waals surface area contributed by atoms with E-state index in [9.17, 15) is 0 Å². The van der Waals surface area contributed by atoms with E-state index in [1.165, 1.54) is 11.1 Å². The summed E-state index contributed by atoms with van der Waals surface area (Å²) in [6, 6.07) is 0. The van der Waals surface area contributed by atoms with Crippen molar-refractivity contribution in [2.75, 3.05) is 0 Å². The summed E-state index contributed by atoms with van der Waals surface area (Å²) >= 11 is 2.44. The summed E-state index contributed by atoms with van der Waals surface area (Å²) in [6.07, 6.45) is 8.81. The largest absolute Gasteiger partial charge is 0.0700 e. The third-order valence-electron chi connectivity index (χ3n) is 1.89. The minimum Gasteiger partial charge on any atom is -0.0700 e. The summed E-state index contributed by atoms with van der Waals surface area (Å²) in [7, 11) is 0. The Morgan fingerprint density at radius 1 is 1.27 bits per heavy atom. The number of halogens is 1. The Hall–Kier alpha value is -0.0500. The first-order valence-corrected chi connectivity index (χ1v) is 4.84. The fourth-order valence-electron chi connectivity index (χ4n) is 1.10. The van der Waals surface area contributed by atoms with Crippen LogP contribution >= 0.6 is 22.6 Å². The molecule has 0 radical (unpaired) electrons. The minimum atomic E-state index is 0.191. The minimum absolute atomic E-state index is 0.191. The summed E-state index contributed by atoms with van der Waals surface area (Å²) in [6.45, 7) is 6.52. The van der Waals surface area contributed by atoms with Crippen molar-refractivity contribution in [3.05, 3.63) is 35.5 Å². The van der Waals surface area contributed by atoms with Crippen LogP contribution in [0.15, 0.2) is 35.5 Å². The van der Waals surface area contributed by atoms with Gasteiger partial charge in [-0.3, -0.25) is 0 Å². The lowest BCUT2D eigenvalue weighted by Crippen LogP contribution is -2.06. The van der Waals surface area contributed by atoms with Crippen LogP contribution in [-0.2, 0) is 0 Å². The van der Waals surface area contributed by atoms with Gasteiger partial charge < -0.3 is 0 Å². The highest BCUT2D eigenvalue weighted by Gasteiger charge is 2.14. The van der Waals surface area contributed by atoms with Crippen LogP contribution in [0.25, 0.3) is 0 Å². The summed E-state index contributed by atoms with van der Waals surface area (Å²) in [5.41, 5.74) is 2.74. The first kappa shape index (κ1) is 9.04. The molecule has 0 aromatic carbocycles. The Balaban J connectivity index is 3.03. The average molecular weight is 260 g/mol. The normalized spacial score (nSPS) is 30.9. The van der Waals surface area contributed by atoms with Crippen molar-refractivity contribution in [1.29, 1.82) is 0 Å². The molecule has 1 aliphatic carbocycles. The number of rotatable bonds is 0. The van der Waals surface area contributed by atoms with E-state index in [-0.39, 0.29) is 3.42 Å². The highest BCUT2D eigenvalue weighted by atomic mass is 127. The maximum Gasteiger partial charge on any atom is 0.0561 e. The van der Waals surface area contributed by atoms with Crippen LogP contribution in [0.1, 0.15) is 20.8 Å². The molecule has 0 aromatic heterocycles. The summed E-state index contributed by atoms with van der Waals surface area (Å²) in [4.78, 5) is 0. The van der Waals surface area contributed by atoms with Gasteiger partial charge >= 0.3 is 0 Å². The zero-order valence-corrected chi connectivity index (χ0v) is 9.34. The molecule has 0 N–H and O–H groups in total. The third-order valence-corrected chi connectivity index (χ3v) is 2.56. The molecular weight excluding hydrogens is 247 g/mol. The van der Waals surface area contributed by atoms with Crippen LogP contribution in [0.3, 0.4) is 0 Å². The lowest BCUT2D eigenvalue weighted by Gasteiger charge is -2.12. The van der Waals surface area contributed by atoms with E-state index in [0.717, 1.165) is 0 Å². The number of hydrogen-bond acceptors (Lipinski definition) is 0. The van der Waals surface area contributed by atoms with Gasteiger partial charge in [0.25, 0.3) is 0 Å². The van der Waals surface area contributed by atoms with Crippen LogP contribution in [0, 0.1) is 0 Å². The van der Waals surface area contributed by atoms with E-state index < -0.39 is 0 Å². The van der Waals surface area contributed by atoms with Crippen molar-refractivity contribution in [2.45, 2.75) is 24.2 Å². The molecule has 1 atom stereocenters. The molecule has 1 aliphatic rings. The maximum atomic E-state index is 2.44. The molecular formula is C10H13I.